The number of aryl methyl sites for hydroxylation is 1. The molecule has 2 fully saturated rings. The third-order valence-electron chi connectivity index (χ3n) is 5.16. The van der Waals surface area contributed by atoms with Gasteiger partial charge in [-0.3, -0.25) is 14.9 Å². The zero-order valence-electron chi connectivity index (χ0n) is 16.9. The van der Waals surface area contributed by atoms with Crippen molar-refractivity contribution in [3.63, 3.8) is 0 Å². The third-order valence-corrected chi connectivity index (χ3v) is 5.89. The lowest BCUT2D eigenvalue weighted by Gasteiger charge is -2.18. The lowest BCUT2D eigenvalue weighted by Crippen LogP contribution is -2.34. The maximum absolute atomic E-state index is 12.5. The quantitative estimate of drug-likeness (QED) is 0.714. The van der Waals surface area contributed by atoms with E-state index >= 15 is 0 Å². The summed E-state index contributed by atoms with van der Waals surface area (Å²) in [5.41, 5.74) is 0.987. The number of ether oxygens (including phenoxy) is 3. The van der Waals surface area contributed by atoms with Crippen molar-refractivity contribution in [3.05, 3.63) is 29.6 Å². The summed E-state index contributed by atoms with van der Waals surface area (Å²) in [7, 11) is 1.60. The van der Waals surface area contributed by atoms with Crippen molar-refractivity contribution in [2.75, 3.05) is 38.7 Å². The van der Waals surface area contributed by atoms with Crippen molar-refractivity contribution in [1.29, 1.82) is 0 Å². The first-order chi connectivity index (χ1) is 14.5. The number of rotatable bonds is 7. The van der Waals surface area contributed by atoms with E-state index < -0.39 is 0 Å². The van der Waals surface area contributed by atoms with Crippen LogP contribution in [0.5, 0.6) is 11.5 Å². The minimum absolute atomic E-state index is 0.00328. The SMILES string of the molecule is COc1ccc([C@@H]2CC(=O)N(CC(=O)Nc3nc(C)ns3)C2)cc1O[C@@H]1CCOC1. The predicted octanol–water partition coefficient (Wildman–Crippen LogP) is 1.98. The van der Waals surface area contributed by atoms with E-state index in [0.29, 0.717) is 48.6 Å². The number of carbonyl (C=O) groups is 2. The van der Waals surface area contributed by atoms with Gasteiger partial charge in [-0.15, -0.1) is 0 Å². The molecule has 160 valence electrons. The van der Waals surface area contributed by atoms with Gasteiger partial charge < -0.3 is 19.1 Å². The first-order valence-corrected chi connectivity index (χ1v) is 10.6. The second kappa shape index (κ2) is 8.97. The molecule has 3 heterocycles. The van der Waals surface area contributed by atoms with Gasteiger partial charge in [-0.05, 0) is 24.6 Å². The normalized spacial score (nSPS) is 21.1. The fraction of sp³-hybridized carbons (Fsp3) is 0.500. The molecule has 2 aliphatic rings. The highest BCUT2D eigenvalue weighted by molar-refractivity contribution is 7.09. The number of carbonyl (C=O) groups excluding carboxylic acids is 2. The Morgan fingerprint density at radius 2 is 2.27 bits per heavy atom. The summed E-state index contributed by atoms with van der Waals surface area (Å²) in [4.78, 5) is 30.5. The van der Waals surface area contributed by atoms with Gasteiger partial charge in [0.05, 0.1) is 26.9 Å². The van der Waals surface area contributed by atoms with E-state index in [1.807, 2.05) is 18.2 Å². The Hall–Kier alpha value is -2.72. The second-order valence-electron chi connectivity index (χ2n) is 7.38. The first-order valence-electron chi connectivity index (χ1n) is 9.82. The summed E-state index contributed by atoms with van der Waals surface area (Å²) in [6.07, 6.45) is 1.19. The number of nitrogens with zero attached hydrogens (tertiary/aromatic N) is 3. The number of anilines is 1. The van der Waals surface area contributed by atoms with Gasteiger partial charge in [0.15, 0.2) is 11.5 Å². The number of hydrogen-bond donors (Lipinski definition) is 1. The summed E-state index contributed by atoms with van der Waals surface area (Å²) in [6.45, 7) is 3.48. The average molecular weight is 433 g/mol. The number of hydrogen-bond acceptors (Lipinski definition) is 8. The number of methoxy groups -OCH3 is 1. The number of likely N-dealkylation sites (tertiary alicyclic amines) is 1. The number of benzene rings is 1. The van der Waals surface area contributed by atoms with Crippen LogP contribution in [0.3, 0.4) is 0 Å². The summed E-state index contributed by atoms with van der Waals surface area (Å²) in [5, 5.41) is 3.13. The van der Waals surface area contributed by atoms with Crippen molar-refractivity contribution >= 4 is 28.5 Å². The fourth-order valence-electron chi connectivity index (χ4n) is 3.65. The molecule has 0 saturated carbocycles. The predicted molar refractivity (Wildman–Crippen MR) is 110 cm³/mol. The van der Waals surface area contributed by atoms with Gasteiger partial charge in [-0.1, -0.05) is 6.07 Å². The smallest absolute Gasteiger partial charge is 0.245 e. The molecule has 0 spiro atoms. The van der Waals surface area contributed by atoms with Gasteiger partial charge in [-0.25, -0.2) is 4.98 Å². The van der Waals surface area contributed by atoms with Gasteiger partial charge in [0.25, 0.3) is 0 Å². The number of nitrogens with one attached hydrogen (secondary N) is 1. The van der Waals surface area contributed by atoms with Crippen LogP contribution in [0.1, 0.15) is 30.1 Å². The lowest BCUT2D eigenvalue weighted by molar-refractivity contribution is -0.131. The molecule has 0 radical (unpaired) electrons. The summed E-state index contributed by atoms with van der Waals surface area (Å²) in [6, 6.07) is 5.74. The molecule has 2 aromatic rings. The van der Waals surface area contributed by atoms with E-state index in [2.05, 4.69) is 14.7 Å². The van der Waals surface area contributed by atoms with E-state index in [9.17, 15) is 9.59 Å². The maximum Gasteiger partial charge on any atom is 0.245 e. The zero-order valence-corrected chi connectivity index (χ0v) is 17.7. The molecular formula is C20H24N4O5S. The van der Waals surface area contributed by atoms with Gasteiger partial charge in [0.2, 0.25) is 16.9 Å². The van der Waals surface area contributed by atoms with Crippen molar-refractivity contribution in [3.8, 4) is 11.5 Å². The summed E-state index contributed by atoms with van der Waals surface area (Å²) in [5.74, 6) is 1.57. The molecule has 1 aromatic carbocycles. The Morgan fingerprint density at radius 3 is 2.97 bits per heavy atom. The fourth-order valence-corrected chi connectivity index (χ4v) is 4.24. The molecular weight excluding hydrogens is 408 g/mol. The topological polar surface area (TPSA) is 103 Å². The average Bonchev–Trinajstić information content (AvgIpc) is 3.45. The van der Waals surface area contributed by atoms with Crippen molar-refractivity contribution in [2.24, 2.45) is 0 Å². The van der Waals surface area contributed by atoms with Crippen LogP contribution in [0.2, 0.25) is 0 Å². The molecule has 1 aromatic heterocycles. The molecule has 0 aliphatic carbocycles. The molecule has 2 saturated heterocycles. The summed E-state index contributed by atoms with van der Waals surface area (Å²) >= 11 is 1.12. The molecule has 0 bridgehead atoms. The Balaban J connectivity index is 1.40. The molecule has 2 atom stereocenters. The Bertz CT molecular complexity index is 928. The highest BCUT2D eigenvalue weighted by Crippen LogP contribution is 2.36. The molecule has 30 heavy (non-hydrogen) atoms. The van der Waals surface area contributed by atoms with Crippen LogP contribution in [-0.4, -0.2) is 65.6 Å². The van der Waals surface area contributed by atoms with Crippen LogP contribution in [-0.2, 0) is 14.3 Å². The highest BCUT2D eigenvalue weighted by Gasteiger charge is 2.32. The zero-order chi connectivity index (χ0) is 21.1. The van der Waals surface area contributed by atoms with Crippen LogP contribution >= 0.6 is 11.5 Å². The van der Waals surface area contributed by atoms with Gasteiger partial charge in [0, 0.05) is 36.8 Å². The lowest BCUT2D eigenvalue weighted by atomic mass is 9.98. The molecule has 2 aliphatic heterocycles. The Labute approximate surface area is 178 Å². The Morgan fingerprint density at radius 1 is 1.40 bits per heavy atom. The molecule has 1 N–H and O–H groups in total. The molecule has 2 amide bonds. The van der Waals surface area contributed by atoms with E-state index in [-0.39, 0.29) is 30.4 Å². The van der Waals surface area contributed by atoms with E-state index in [4.69, 9.17) is 14.2 Å². The standard InChI is InChI=1S/C20H24N4O5S/c1-12-21-20(30-23-12)22-18(25)10-24-9-14(8-19(24)26)13-3-4-16(27-2)17(7-13)29-15-5-6-28-11-15/h3-4,7,14-15H,5-6,8-11H2,1-2H3,(H,21,22,23,25)/t14-,15-/m1/s1. The largest absolute Gasteiger partial charge is 0.493 e. The van der Waals surface area contributed by atoms with Gasteiger partial charge >= 0.3 is 0 Å². The summed E-state index contributed by atoms with van der Waals surface area (Å²) < 4.78 is 20.9. The van der Waals surface area contributed by atoms with Gasteiger partial charge in [0.1, 0.15) is 11.9 Å². The van der Waals surface area contributed by atoms with Crippen LogP contribution in [0.15, 0.2) is 18.2 Å². The van der Waals surface area contributed by atoms with E-state index in [0.717, 1.165) is 23.5 Å². The van der Waals surface area contributed by atoms with Gasteiger partial charge in [-0.2, -0.15) is 4.37 Å². The van der Waals surface area contributed by atoms with Crippen molar-refractivity contribution in [2.45, 2.75) is 31.8 Å². The molecule has 9 nitrogen and oxygen atoms in total. The monoisotopic (exact) mass is 432 g/mol. The van der Waals surface area contributed by atoms with Crippen molar-refractivity contribution < 1.29 is 23.8 Å². The third kappa shape index (κ3) is 4.71. The van der Waals surface area contributed by atoms with Crippen LogP contribution in [0.4, 0.5) is 5.13 Å². The molecule has 10 heteroatoms. The van der Waals surface area contributed by atoms with Crippen LogP contribution in [0, 0.1) is 6.92 Å². The number of aromatic nitrogens is 2. The van der Waals surface area contributed by atoms with Crippen LogP contribution in [0.25, 0.3) is 0 Å². The van der Waals surface area contributed by atoms with Crippen molar-refractivity contribution in [1.82, 2.24) is 14.3 Å². The van der Waals surface area contributed by atoms with E-state index in [1.165, 1.54) is 0 Å². The Kier molecular flexibility index (Phi) is 6.14. The molecule has 0 unspecified atom stereocenters. The maximum atomic E-state index is 12.5. The first kappa shape index (κ1) is 20.5. The number of amides is 2. The molecule has 4 rings (SSSR count). The second-order valence-corrected chi connectivity index (χ2v) is 8.14. The van der Waals surface area contributed by atoms with E-state index in [1.54, 1.807) is 18.9 Å². The minimum atomic E-state index is -0.278. The highest BCUT2D eigenvalue weighted by atomic mass is 32.1. The minimum Gasteiger partial charge on any atom is -0.493 e. The van der Waals surface area contributed by atoms with Crippen LogP contribution < -0.4 is 14.8 Å².